The number of rotatable bonds is 10. The average Bonchev–Trinajstić information content (AvgIpc) is 3.56. The van der Waals surface area contributed by atoms with Crippen molar-refractivity contribution in [3.63, 3.8) is 0 Å². The fourth-order valence-corrected chi connectivity index (χ4v) is 3.45. The predicted octanol–water partition coefficient (Wildman–Crippen LogP) is 2.93. The first kappa shape index (κ1) is 27.1. The third-order valence-corrected chi connectivity index (χ3v) is 5.32. The molecule has 0 radical (unpaired) electrons. The maximum Gasteiger partial charge on any atom is 0.408 e. The number of nitrogens with zero attached hydrogens (tertiary/aromatic N) is 1. The lowest BCUT2D eigenvalue weighted by molar-refractivity contribution is -0.144. The molecule has 0 heterocycles. The summed E-state index contributed by atoms with van der Waals surface area (Å²) in [5, 5.41) is 5.27. The second-order valence-corrected chi connectivity index (χ2v) is 9.48. The highest BCUT2D eigenvalue weighted by molar-refractivity contribution is 5.91. The number of aryl methyl sites for hydroxylation is 2. The van der Waals surface area contributed by atoms with E-state index in [0.717, 1.165) is 24.0 Å². The number of alkyl carbamates (subject to hydrolysis) is 1. The Hall–Kier alpha value is -3.10. The zero-order chi connectivity index (χ0) is 25.5. The molecule has 1 aliphatic rings. The molecule has 0 aliphatic heterocycles. The van der Waals surface area contributed by atoms with Crippen molar-refractivity contribution in [1.29, 1.82) is 0 Å². The van der Waals surface area contributed by atoms with E-state index < -0.39 is 23.7 Å². The molecule has 1 aromatic carbocycles. The van der Waals surface area contributed by atoms with Crippen LogP contribution < -0.4 is 10.6 Å². The summed E-state index contributed by atoms with van der Waals surface area (Å²) in [4.78, 5) is 51.8. The predicted molar refractivity (Wildman–Crippen MR) is 127 cm³/mol. The first-order chi connectivity index (χ1) is 15.9. The van der Waals surface area contributed by atoms with E-state index >= 15 is 0 Å². The van der Waals surface area contributed by atoms with Gasteiger partial charge in [-0.3, -0.25) is 14.4 Å². The molecular weight excluding hydrogens is 438 g/mol. The number of ether oxygens (including phenoxy) is 2. The zero-order valence-corrected chi connectivity index (χ0v) is 21.0. The Morgan fingerprint density at radius 1 is 1.09 bits per heavy atom. The van der Waals surface area contributed by atoms with Crippen LogP contribution in [-0.2, 0) is 23.9 Å². The van der Waals surface area contributed by atoms with Crippen LogP contribution >= 0.6 is 0 Å². The molecule has 1 fully saturated rings. The summed E-state index contributed by atoms with van der Waals surface area (Å²) < 4.78 is 10.1. The van der Waals surface area contributed by atoms with Crippen LogP contribution in [0.4, 0.5) is 4.79 Å². The van der Waals surface area contributed by atoms with Gasteiger partial charge in [-0.1, -0.05) is 18.2 Å². The minimum atomic E-state index is -0.887. The number of amides is 3. The summed E-state index contributed by atoms with van der Waals surface area (Å²) in [6.45, 7) is 10.9. The molecule has 34 heavy (non-hydrogen) atoms. The minimum Gasteiger partial charge on any atom is -0.466 e. The van der Waals surface area contributed by atoms with Crippen molar-refractivity contribution in [3.05, 3.63) is 34.9 Å². The van der Waals surface area contributed by atoms with Gasteiger partial charge in [0.15, 0.2) is 0 Å². The first-order valence-corrected chi connectivity index (χ1v) is 11.7. The Bertz CT molecular complexity index is 904. The van der Waals surface area contributed by atoms with E-state index in [9.17, 15) is 19.2 Å². The van der Waals surface area contributed by atoms with Crippen molar-refractivity contribution in [3.8, 4) is 0 Å². The highest BCUT2D eigenvalue weighted by Crippen LogP contribution is 2.35. The number of nitrogens with one attached hydrogen (secondary N) is 2. The molecule has 9 nitrogen and oxygen atoms in total. The van der Waals surface area contributed by atoms with Crippen LogP contribution in [0.3, 0.4) is 0 Å². The molecule has 1 aromatic rings. The summed E-state index contributed by atoms with van der Waals surface area (Å²) >= 11 is 0. The number of hydrogen-bond acceptors (Lipinski definition) is 6. The number of benzene rings is 1. The van der Waals surface area contributed by atoms with Crippen LogP contribution in [-0.4, -0.2) is 60.1 Å². The monoisotopic (exact) mass is 475 g/mol. The van der Waals surface area contributed by atoms with Gasteiger partial charge in [0, 0.05) is 12.6 Å². The number of carbonyl (C=O) groups excluding carboxylic acids is 4. The number of carbonyl (C=O) groups is 4. The van der Waals surface area contributed by atoms with Gasteiger partial charge in [0.25, 0.3) is 0 Å². The van der Waals surface area contributed by atoms with Gasteiger partial charge in [-0.2, -0.15) is 0 Å². The Labute approximate surface area is 201 Å². The summed E-state index contributed by atoms with van der Waals surface area (Å²) in [5.74, 6) is -1.16. The molecule has 0 saturated heterocycles. The fraction of sp³-hybridized carbons (Fsp3) is 0.600. The fourth-order valence-electron chi connectivity index (χ4n) is 3.45. The van der Waals surface area contributed by atoms with Crippen molar-refractivity contribution >= 4 is 23.9 Å². The van der Waals surface area contributed by atoms with Gasteiger partial charge >= 0.3 is 12.1 Å². The lowest BCUT2D eigenvalue weighted by atomic mass is 9.98. The quantitative estimate of drug-likeness (QED) is 0.503. The Morgan fingerprint density at radius 2 is 1.76 bits per heavy atom. The van der Waals surface area contributed by atoms with Crippen molar-refractivity contribution in [2.75, 3.05) is 19.7 Å². The van der Waals surface area contributed by atoms with Crippen molar-refractivity contribution in [2.24, 2.45) is 0 Å². The highest BCUT2D eigenvalue weighted by Gasteiger charge is 2.41. The topological polar surface area (TPSA) is 114 Å². The Kier molecular flexibility index (Phi) is 9.46. The van der Waals surface area contributed by atoms with Crippen molar-refractivity contribution in [1.82, 2.24) is 15.5 Å². The lowest BCUT2D eigenvalue weighted by Crippen LogP contribution is -2.49. The van der Waals surface area contributed by atoms with E-state index in [1.54, 1.807) is 32.6 Å². The first-order valence-electron chi connectivity index (χ1n) is 11.7. The van der Waals surface area contributed by atoms with Gasteiger partial charge in [-0.05, 0) is 71.1 Å². The SMILES string of the molecule is CCOC(=O)CCNC(=O)C(c1ccc(C)c(C)c1)N(C(=O)CNC(=O)OC(C)(C)C)C1CC1. The normalized spacial score (nSPS) is 14.1. The lowest BCUT2D eigenvalue weighted by Gasteiger charge is -2.32. The molecule has 2 rings (SSSR count). The summed E-state index contributed by atoms with van der Waals surface area (Å²) in [6, 6.07) is 4.66. The van der Waals surface area contributed by atoms with Gasteiger partial charge in [0.2, 0.25) is 11.8 Å². The van der Waals surface area contributed by atoms with E-state index in [1.807, 2.05) is 32.0 Å². The van der Waals surface area contributed by atoms with E-state index in [2.05, 4.69) is 10.6 Å². The van der Waals surface area contributed by atoms with Crippen LogP contribution in [0.15, 0.2) is 18.2 Å². The maximum atomic E-state index is 13.3. The van der Waals surface area contributed by atoms with Crippen LogP contribution in [0.1, 0.15) is 69.7 Å². The Balaban J connectivity index is 2.22. The van der Waals surface area contributed by atoms with Gasteiger partial charge < -0.3 is 25.0 Å². The van der Waals surface area contributed by atoms with Crippen LogP contribution in [0.5, 0.6) is 0 Å². The third-order valence-electron chi connectivity index (χ3n) is 5.32. The van der Waals surface area contributed by atoms with Gasteiger partial charge in [0.05, 0.1) is 13.0 Å². The standard InChI is InChI=1S/C25H37N3O6/c1-7-33-21(30)12-13-26-23(31)22(18-9-8-16(2)17(3)14-18)28(19-10-11-19)20(29)15-27-24(32)34-25(4,5)6/h8-9,14,19,22H,7,10-13,15H2,1-6H3,(H,26,31)(H,27,32). The highest BCUT2D eigenvalue weighted by atomic mass is 16.6. The molecule has 1 saturated carbocycles. The summed E-state index contributed by atoms with van der Waals surface area (Å²) in [7, 11) is 0. The van der Waals surface area contributed by atoms with E-state index in [1.165, 1.54) is 0 Å². The molecule has 0 aromatic heterocycles. The van der Waals surface area contributed by atoms with Crippen LogP contribution in [0, 0.1) is 13.8 Å². The average molecular weight is 476 g/mol. The zero-order valence-electron chi connectivity index (χ0n) is 21.0. The Morgan fingerprint density at radius 3 is 2.32 bits per heavy atom. The maximum absolute atomic E-state index is 13.3. The molecule has 1 unspecified atom stereocenters. The molecule has 188 valence electrons. The molecule has 3 amide bonds. The molecule has 1 aliphatic carbocycles. The minimum absolute atomic E-state index is 0.0385. The molecular formula is C25H37N3O6. The van der Waals surface area contributed by atoms with Gasteiger partial charge in [-0.25, -0.2) is 4.79 Å². The van der Waals surface area contributed by atoms with E-state index in [0.29, 0.717) is 5.56 Å². The second-order valence-electron chi connectivity index (χ2n) is 9.48. The second kappa shape index (κ2) is 11.9. The van der Waals surface area contributed by atoms with E-state index in [4.69, 9.17) is 9.47 Å². The summed E-state index contributed by atoms with van der Waals surface area (Å²) in [5.41, 5.74) is 2.05. The van der Waals surface area contributed by atoms with Crippen LogP contribution in [0.2, 0.25) is 0 Å². The molecule has 9 heteroatoms. The van der Waals surface area contributed by atoms with Gasteiger partial charge in [0.1, 0.15) is 18.2 Å². The van der Waals surface area contributed by atoms with Gasteiger partial charge in [-0.15, -0.1) is 0 Å². The number of hydrogen-bond donors (Lipinski definition) is 2. The molecule has 0 spiro atoms. The molecule has 0 bridgehead atoms. The van der Waals surface area contributed by atoms with Crippen LogP contribution in [0.25, 0.3) is 0 Å². The van der Waals surface area contributed by atoms with Crippen molar-refractivity contribution < 1.29 is 28.7 Å². The van der Waals surface area contributed by atoms with Crippen molar-refractivity contribution in [2.45, 2.75) is 78.5 Å². The third kappa shape index (κ3) is 8.35. The molecule has 2 N–H and O–H groups in total. The smallest absolute Gasteiger partial charge is 0.408 e. The number of esters is 1. The summed E-state index contributed by atoms with van der Waals surface area (Å²) in [6.07, 6.45) is 0.889. The van der Waals surface area contributed by atoms with E-state index in [-0.39, 0.29) is 44.0 Å². The largest absolute Gasteiger partial charge is 0.466 e. The molecule has 1 atom stereocenters.